The summed E-state index contributed by atoms with van der Waals surface area (Å²) in [6.45, 7) is 10.3. The number of methoxy groups -OCH3 is 1. The van der Waals surface area contributed by atoms with Gasteiger partial charge in [-0.15, -0.1) is 0 Å². The van der Waals surface area contributed by atoms with Gasteiger partial charge < -0.3 is 33.7 Å². The summed E-state index contributed by atoms with van der Waals surface area (Å²) in [6, 6.07) is -0.172. The first-order valence-electron chi connectivity index (χ1n) is 13.3. The molecule has 2 amide bonds. The summed E-state index contributed by atoms with van der Waals surface area (Å²) in [5, 5.41) is 2.94. The average molecular weight is 568 g/mol. The molecule has 1 saturated heterocycles. The van der Waals surface area contributed by atoms with Gasteiger partial charge in [-0.2, -0.15) is 0 Å². The topological polar surface area (TPSA) is 117 Å². The van der Waals surface area contributed by atoms with Gasteiger partial charge in [0.25, 0.3) is 5.91 Å². The van der Waals surface area contributed by atoms with E-state index in [2.05, 4.69) is 34.1 Å². The zero-order valence-electron chi connectivity index (χ0n) is 24.6. The van der Waals surface area contributed by atoms with Crippen LogP contribution in [-0.2, 0) is 20.9 Å². The zero-order chi connectivity index (χ0) is 28.8. The minimum absolute atomic E-state index is 0.149. The number of hydrogen-bond donors (Lipinski definition) is 1. The molecule has 2 aromatic rings. The van der Waals surface area contributed by atoms with Gasteiger partial charge in [0.15, 0.2) is 5.65 Å². The Morgan fingerprint density at radius 3 is 2.67 bits per heavy atom. The highest BCUT2D eigenvalue weighted by atomic mass is 32.3. The number of nitrogens with zero attached hydrogens (tertiary/aromatic N) is 4. The molecule has 1 fully saturated rings. The number of fused-ring (bicyclic) bond motifs is 1. The standard InChI is InChI=1S/C27H45N5O6S/c1-19(16-35-5)29-25(33)21-15-32(18-36-11-12-39(6,7)8)24-23(21)30-22(13-28-24)37-17-20-9-10-31(14-20)26(34)38-27(2,3)4/h13,15,19-20H,9-12,14,16-18H2,1-8H3,(H,29,33)/t19-,20?/m0/s1. The molecule has 0 aromatic carbocycles. The van der Waals surface area contributed by atoms with Gasteiger partial charge >= 0.3 is 6.09 Å². The van der Waals surface area contributed by atoms with Crippen LogP contribution < -0.4 is 10.1 Å². The van der Waals surface area contributed by atoms with Crippen molar-refractivity contribution < 1.29 is 28.5 Å². The van der Waals surface area contributed by atoms with Crippen LogP contribution in [0.5, 0.6) is 5.88 Å². The summed E-state index contributed by atoms with van der Waals surface area (Å²) >= 11 is 0. The number of amides is 2. The van der Waals surface area contributed by atoms with Gasteiger partial charge in [0.05, 0.1) is 31.6 Å². The largest absolute Gasteiger partial charge is 0.476 e. The maximum Gasteiger partial charge on any atom is 0.410 e. The molecule has 1 aliphatic rings. The predicted octanol–water partition coefficient (Wildman–Crippen LogP) is 3.50. The van der Waals surface area contributed by atoms with Crippen LogP contribution in [0.3, 0.4) is 0 Å². The van der Waals surface area contributed by atoms with Crippen molar-refractivity contribution in [3.8, 4) is 5.88 Å². The summed E-state index contributed by atoms with van der Waals surface area (Å²) < 4.78 is 24.3. The summed E-state index contributed by atoms with van der Waals surface area (Å²) in [6.07, 6.45) is 10.5. The maximum absolute atomic E-state index is 13.1. The predicted molar refractivity (Wildman–Crippen MR) is 154 cm³/mol. The second-order valence-corrected chi connectivity index (χ2v) is 16.5. The van der Waals surface area contributed by atoms with Crippen molar-refractivity contribution in [2.75, 3.05) is 64.5 Å². The monoisotopic (exact) mass is 567 g/mol. The first-order chi connectivity index (χ1) is 18.3. The average Bonchev–Trinajstić information content (AvgIpc) is 3.44. The Balaban J connectivity index is 1.71. The van der Waals surface area contributed by atoms with Gasteiger partial charge in [-0.05, 0) is 52.9 Å². The van der Waals surface area contributed by atoms with Crippen molar-refractivity contribution in [3.05, 3.63) is 18.0 Å². The third kappa shape index (κ3) is 9.54. The van der Waals surface area contributed by atoms with E-state index in [0.29, 0.717) is 55.5 Å². The molecule has 1 N–H and O–H groups in total. The second kappa shape index (κ2) is 13.2. The SMILES string of the molecule is COC[C@H](C)NC(=O)c1cn(COCCS(C)(C)C)c2ncc(OCC3CCN(C(=O)OC(C)(C)C)C3)nc12. The molecule has 0 aliphatic carbocycles. The van der Waals surface area contributed by atoms with Gasteiger partial charge in [0.1, 0.15) is 17.8 Å². The number of likely N-dealkylation sites (tertiary alicyclic amines) is 1. The maximum atomic E-state index is 13.1. The number of aromatic nitrogens is 3. The third-order valence-corrected chi connectivity index (χ3v) is 7.45. The van der Waals surface area contributed by atoms with E-state index in [9.17, 15) is 9.59 Å². The van der Waals surface area contributed by atoms with Gasteiger partial charge in [-0.3, -0.25) is 4.79 Å². The van der Waals surface area contributed by atoms with Crippen molar-refractivity contribution in [2.24, 2.45) is 5.92 Å². The lowest BCUT2D eigenvalue weighted by Crippen LogP contribution is -2.35. The molecule has 39 heavy (non-hydrogen) atoms. The second-order valence-electron chi connectivity index (χ2n) is 11.9. The third-order valence-electron chi connectivity index (χ3n) is 6.06. The molecule has 0 radical (unpaired) electrons. The highest BCUT2D eigenvalue weighted by Crippen LogP contribution is 2.33. The molecule has 220 valence electrons. The van der Waals surface area contributed by atoms with Crippen molar-refractivity contribution in [3.63, 3.8) is 0 Å². The van der Waals surface area contributed by atoms with Crippen LogP contribution in [0.4, 0.5) is 4.79 Å². The van der Waals surface area contributed by atoms with Gasteiger partial charge in [-0.25, -0.2) is 24.8 Å². The molecule has 0 bridgehead atoms. The summed E-state index contributed by atoms with van der Waals surface area (Å²) in [7, 11) is 0.927. The number of carbonyl (C=O) groups excluding carboxylic acids is 2. The zero-order valence-corrected chi connectivity index (χ0v) is 25.4. The highest BCUT2D eigenvalue weighted by Gasteiger charge is 2.30. The van der Waals surface area contributed by atoms with Crippen LogP contribution in [0.2, 0.25) is 0 Å². The molecule has 1 aliphatic heterocycles. The van der Waals surface area contributed by atoms with Crippen LogP contribution in [0, 0.1) is 5.92 Å². The van der Waals surface area contributed by atoms with Crippen LogP contribution in [-0.4, -0.2) is 108 Å². The fourth-order valence-electron chi connectivity index (χ4n) is 4.10. The van der Waals surface area contributed by atoms with E-state index in [1.165, 1.54) is 0 Å². The van der Waals surface area contributed by atoms with E-state index in [1.807, 2.05) is 27.7 Å². The lowest BCUT2D eigenvalue weighted by atomic mass is 10.1. The lowest BCUT2D eigenvalue weighted by Gasteiger charge is -2.24. The number of ether oxygens (including phenoxy) is 4. The van der Waals surface area contributed by atoms with Crippen LogP contribution in [0.25, 0.3) is 11.2 Å². The number of rotatable bonds is 12. The number of carbonyl (C=O) groups is 2. The van der Waals surface area contributed by atoms with Crippen molar-refractivity contribution in [1.29, 1.82) is 0 Å². The molecule has 11 nitrogen and oxygen atoms in total. The van der Waals surface area contributed by atoms with Crippen molar-refractivity contribution in [1.82, 2.24) is 24.8 Å². The molecule has 0 spiro atoms. The van der Waals surface area contributed by atoms with E-state index in [0.717, 1.165) is 12.2 Å². The lowest BCUT2D eigenvalue weighted by molar-refractivity contribution is 0.0284. The van der Waals surface area contributed by atoms with Gasteiger partial charge in [-0.1, -0.05) is 0 Å². The molecule has 2 aromatic heterocycles. The minimum atomic E-state index is -0.667. The summed E-state index contributed by atoms with van der Waals surface area (Å²) in [5.74, 6) is 1.20. The Labute approximate surface area is 233 Å². The molecular formula is C27H45N5O6S. The van der Waals surface area contributed by atoms with E-state index in [-0.39, 0.29) is 30.7 Å². The van der Waals surface area contributed by atoms with Gasteiger partial charge in [0, 0.05) is 44.1 Å². The number of hydrogen-bond acceptors (Lipinski definition) is 8. The van der Waals surface area contributed by atoms with E-state index in [1.54, 1.807) is 29.0 Å². The van der Waals surface area contributed by atoms with Crippen molar-refractivity contribution in [2.45, 2.75) is 52.5 Å². The highest BCUT2D eigenvalue weighted by molar-refractivity contribution is 8.32. The summed E-state index contributed by atoms with van der Waals surface area (Å²) in [4.78, 5) is 36.4. The van der Waals surface area contributed by atoms with Crippen molar-refractivity contribution >= 4 is 33.2 Å². The fraction of sp³-hybridized carbons (Fsp3) is 0.704. The van der Waals surface area contributed by atoms with Crippen LogP contribution >= 0.6 is 10.0 Å². The smallest absolute Gasteiger partial charge is 0.410 e. The Bertz CT molecular complexity index is 1130. The van der Waals surface area contributed by atoms with E-state index < -0.39 is 15.6 Å². The molecule has 3 heterocycles. The van der Waals surface area contributed by atoms with E-state index in [4.69, 9.17) is 18.9 Å². The van der Waals surface area contributed by atoms with Crippen LogP contribution in [0.15, 0.2) is 12.4 Å². The first-order valence-corrected chi connectivity index (χ1v) is 16.3. The molecule has 2 atom stereocenters. The molecular weight excluding hydrogens is 522 g/mol. The molecule has 3 rings (SSSR count). The molecule has 12 heteroatoms. The Hall–Kier alpha value is -2.57. The Morgan fingerprint density at radius 1 is 1.26 bits per heavy atom. The molecule has 0 saturated carbocycles. The van der Waals surface area contributed by atoms with Gasteiger partial charge in [0.2, 0.25) is 5.88 Å². The Morgan fingerprint density at radius 2 is 2.00 bits per heavy atom. The van der Waals surface area contributed by atoms with E-state index >= 15 is 0 Å². The Kier molecular flexibility index (Phi) is 10.5. The fourth-order valence-corrected chi connectivity index (χ4v) is 4.72. The minimum Gasteiger partial charge on any atom is -0.476 e. The van der Waals surface area contributed by atoms with Crippen LogP contribution in [0.1, 0.15) is 44.5 Å². The molecule has 1 unspecified atom stereocenters. The normalized spacial score (nSPS) is 17.3. The quantitative estimate of drug-likeness (QED) is 0.388. The first kappa shape index (κ1) is 31.0. The summed E-state index contributed by atoms with van der Waals surface area (Å²) in [5.41, 5.74) is 0.859. The number of nitrogens with one attached hydrogen (secondary N) is 1.